The molecule has 2 aromatic rings. The van der Waals surface area contributed by atoms with Gasteiger partial charge in [0.15, 0.2) is 5.78 Å². The van der Waals surface area contributed by atoms with Crippen LogP contribution in [0.4, 0.5) is 0 Å². The van der Waals surface area contributed by atoms with Crippen LogP contribution in [0.15, 0.2) is 36.4 Å². The van der Waals surface area contributed by atoms with Gasteiger partial charge < -0.3 is 19.7 Å². The number of carbonyl (C=O) groups excluding carboxylic acids is 1. The second kappa shape index (κ2) is 6.85. The predicted octanol–water partition coefficient (Wildman–Crippen LogP) is 2.93. The number of aromatic hydroxyl groups is 2. The molecule has 0 unspecified atom stereocenters. The number of hydrogen-bond acceptors (Lipinski definition) is 5. The fourth-order valence-corrected chi connectivity index (χ4v) is 2.19. The summed E-state index contributed by atoms with van der Waals surface area (Å²) in [5.74, 6) is 1.05. The largest absolute Gasteiger partial charge is 0.508 e. The zero-order valence-corrected chi connectivity index (χ0v) is 12.5. The number of phenols is 2. The number of ether oxygens (including phenoxy) is 2. The molecule has 0 aromatic heterocycles. The van der Waals surface area contributed by atoms with Gasteiger partial charge in [-0.2, -0.15) is 0 Å². The Morgan fingerprint density at radius 2 is 1.73 bits per heavy atom. The van der Waals surface area contributed by atoms with Gasteiger partial charge in [0.2, 0.25) is 0 Å². The molecule has 0 aliphatic rings. The minimum atomic E-state index is -0.0720. The van der Waals surface area contributed by atoms with Crippen molar-refractivity contribution in [3.05, 3.63) is 47.5 Å². The molecule has 0 atom stereocenters. The zero-order valence-electron chi connectivity index (χ0n) is 12.5. The molecule has 0 heterocycles. The van der Waals surface area contributed by atoms with Crippen molar-refractivity contribution in [3.8, 4) is 23.0 Å². The maximum Gasteiger partial charge on any atom is 0.163 e. The lowest BCUT2D eigenvalue weighted by Crippen LogP contribution is -2.02. The molecule has 0 aliphatic heterocycles. The highest BCUT2D eigenvalue weighted by atomic mass is 16.5. The minimum absolute atomic E-state index is 0.0368. The molecule has 0 saturated heterocycles. The molecule has 0 radical (unpaired) electrons. The van der Waals surface area contributed by atoms with E-state index >= 15 is 0 Å². The highest BCUT2D eigenvalue weighted by molar-refractivity contribution is 5.96. The summed E-state index contributed by atoms with van der Waals surface area (Å²) in [6.07, 6.45) is 0.569. The molecule has 5 heteroatoms. The first-order chi connectivity index (χ1) is 10.5. The van der Waals surface area contributed by atoms with Crippen molar-refractivity contribution in [3.63, 3.8) is 0 Å². The summed E-state index contributed by atoms with van der Waals surface area (Å²) < 4.78 is 10.3. The third kappa shape index (κ3) is 3.49. The van der Waals surface area contributed by atoms with Gasteiger partial charge in [0.1, 0.15) is 23.0 Å². The second-order valence-electron chi connectivity index (χ2n) is 4.80. The number of benzene rings is 2. The van der Waals surface area contributed by atoms with E-state index in [2.05, 4.69) is 0 Å². The minimum Gasteiger partial charge on any atom is -0.508 e. The first-order valence-electron chi connectivity index (χ1n) is 6.81. The fourth-order valence-electron chi connectivity index (χ4n) is 2.19. The number of methoxy groups -OCH3 is 2. The highest BCUT2D eigenvalue weighted by Crippen LogP contribution is 2.34. The molecule has 0 aliphatic carbocycles. The van der Waals surface area contributed by atoms with Gasteiger partial charge in [-0.1, -0.05) is 0 Å². The summed E-state index contributed by atoms with van der Waals surface area (Å²) >= 11 is 0. The van der Waals surface area contributed by atoms with Gasteiger partial charge >= 0.3 is 0 Å². The van der Waals surface area contributed by atoms with Gasteiger partial charge in [-0.15, -0.1) is 0 Å². The van der Waals surface area contributed by atoms with E-state index in [1.54, 1.807) is 18.2 Å². The third-order valence-electron chi connectivity index (χ3n) is 3.41. The van der Waals surface area contributed by atoms with Gasteiger partial charge in [-0.3, -0.25) is 4.79 Å². The van der Waals surface area contributed by atoms with E-state index in [-0.39, 0.29) is 23.7 Å². The van der Waals surface area contributed by atoms with Crippen LogP contribution >= 0.6 is 0 Å². The van der Waals surface area contributed by atoms with Crippen LogP contribution < -0.4 is 9.47 Å². The van der Waals surface area contributed by atoms with Crippen LogP contribution in [0.25, 0.3) is 0 Å². The van der Waals surface area contributed by atoms with E-state index in [4.69, 9.17) is 9.47 Å². The first kappa shape index (κ1) is 15.7. The van der Waals surface area contributed by atoms with Gasteiger partial charge in [-0.05, 0) is 30.7 Å². The van der Waals surface area contributed by atoms with E-state index in [1.165, 1.54) is 32.4 Å². The fraction of sp³-hybridized carbons (Fsp3) is 0.235. The van der Waals surface area contributed by atoms with Crippen LogP contribution in [0.2, 0.25) is 0 Å². The molecule has 116 valence electrons. The van der Waals surface area contributed by atoms with Crippen LogP contribution in [0.3, 0.4) is 0 Å². The topological polar surface area (TPSA) is 76.0 Å². The Hall–Kier alpha value is -2.69. The van der Waals surface area contributed by atoms with Crippen LogP contribution in [-0.2, 0) is 6.42 Å². The molecule has 0 saturated carbocycles. The van der Waals surface area contributed by atoms with Crippen LogP contribution in [0, 0.1) is 0 Å². The molecule has 0 bridgehead atoms. The summed E-state index contributed by atoms with van der Waals surface area (Å²) in [5.41, 5.74) is 1.08. The Morgan fingerprint density at radius 3 is 2.32 bits per heavy atom. The van der Waals surface area contributed by atoms with Gasteiger partial charge in [0.25, 0.3) is 0 Å². The smallest absolute Gasteiger partial charge is 0.163 e. The van der Waals surface area contributed by atoms with Crippen molar-refractivity contribution in [1.82, 2.24) is 0 Å². The van der Waals surface area contributed by atoms with E-state index < -0.39 is 0 Å². The van der Waals surface area contributed by atoms with E-state index in [0.717, 1.165) is 0 Å². The average molecular weight is 302 g/mol. The molecular formula is C17H18O5. The number of ketones is 1. The SMILES string of the molecule is COc1cc(O)c(CCC(=O)c2ccc(O)cc2)c(OC)c1. The van der Waals surface area contributed by atoms with Crippen molar-refractivity contribution in [2.24, 2.45) is 0 Å². The Labute approximate surface area is 128 Å². The molecule has 5 nitrogen and oxygen atoms in total. The van der Waals surface area contributed by atoms with Gasteiger partial charge in [0, 0.05) is 29.7 Å². The lowest BCUT2D eigenvalue weighted by atomic mass is 10.0. The summed E-state index contributed by atoms with van der Waals surface area (Å²) in [4.78, 5) is 12.1. The van der Waals surface area contributed by atoms with E-state index in [9.17, 15) is 15.0 Å². The number of rotatable bonds is 6. The van der Waals surface area contributed by atoms with Crippen LogP contribution in [-0.4, -0.2) is 30.2 Å². The first-order valence-corrected chi connectivity index (χ1v) is 6.81. The quantitative estimate of drug-likeness (QED) is 0.802. The predicted molar refractivity (Wildman–Crippen MR) is 82.0 cm³/mol. The number of carbonyl (C=O) groups is 1. The van der Waals surface area contributed by atoms with Crippen molar-refractivity contribution in [2.75, 3.05) is 14.2 Å². The summed E-state index contributed by atoms with van der Waals surface area (Å²) in [5, 5.41) is 19.3. The van der Waals surface area contributed by atoms with Crippen molar-refractivity contribution in [1.29, 1.82) is 0 Å². The number of phenolic OH excluding ortho intramolecular Hbond substituents is 2. The molecule has 2 N–H and O–H groups in total. The normalized spacial score (nSPS) is 10.3. The lowest BCUT2D eigenvalue weighted by Gasteiger charge is -2.12. The summed E-state index contributed by atoms with van der Waals surface area (Å²) in [6, 6.07) is 9.24. The Kier molecular flexibility index (Phi) is 4.88. The van der Waals surface area contributed by atoms with E-state index in [0.29, 0.717) is 29.0 Å². The van der Waals surface area contributed by atoms with Crippen LogP contribution in [0.5, 0.6) is 23.0 Å². The summed E-state index contributed by atoms with van der Waals surface area (Å²) in [7, 11) is 3.00. The highest BCUT2D eigenvalue weighted by Gasteiger charge is 2.14. The molecule has 2 aromatic carbocycles. The maximum atomic E-state index is 12.1. The van der Waals surface area contributed by atoms with Crippen molar-refractivity contribution in [2.45, 2.75) is 12.8 Å². The number of hydrogen-bond donors (Lipinski definition) is 2. The lowest BCUT2D eigenvalue weighted by molar-refractivity contribution is 0.0982. The van der Waals surface area contributed by atoms with Gasteiger partial charge in [-0.25, -0.2) is 0 Å². The van der Waals surface area contributed by atoms with Crippen molar-refractivity contribution >= 4 is 5.78 Å². The molecule has 0 spiro atoms. The Bertz CT molecular complexity index is 661. The maximum absolute atomic E-state index is 12.1. The Balaban J connectivity index is 2.14. The molecule has 0 amide bonds. The van der Waals surface area contributed by atoms with Crippen molar-refractivity contribution < 1.29 is 24.5 Å². The van der Waals surface area contributed by atoms with Crippen LogP contribution in [0.1, 0.15) is 22.3 Å². The molecule has 2 rings (SSSR count). The standard InChI is InChI=1S/C17H18O5/c1-21-13-9-16(20)14(17(10-13)22-2)7-8-15(19)11-3-5-12(18)6-4-11/h3-6,9-10,18,20H,7-8H2,1-2H3. The Morgan fingerprint density at radius 1 is 1.05 bits per heavy atom. The third-order valence-corrected chi connectivity index (χ3v) is 3.41. The van der Waals surface area contributed by atoms with Gasteiger partial charge in [0.05, 0.1) is 14.2 Å². The monoisotopic (exact) mass is 302 g/mol. The second-order valence-corrected chi connectivity index (χ2v) is 4.80. The molecule has 0 fully saturated rings. The number of Topliss-reactive ketones (excluding diaryl/α,β-unsaturated/α-hetero) is 1. The molecule has 22 heavy (non-hydrogen) atoms. The average Bonchev–Trinajstić information content (AvgIpc) is 2.53. The summed E-state index contributed by atoms with van der Waals surface area (Å²) in [6.45, 7) is 0. The molecular weight excluding hydrogens is 284 g/mol. The van der Waals surface area contributed by atoms with E-state index in [1.807, 2.05) is 0 Å². The zero-order chi connectivity index (χ0) is 16.1.